The molecule has 0 aliphatic rings. The lowest BCUT2D eigenvalue weighted by Crippen LogP contribution is -2.31. The number of ether oxygens (including phenoxy) is 3. The largest absolute Gasteiger partial charge is 0.477 e. The van der Waals surface area contributed by atoms with Crippen molar-refractivity contribution in [3.05, 3.63) is 17.7 Å². The standard InChI is InChI=1S/C19H21I3O8/c1-17(2,20)14(25)28-9-7-10(29-15(26)18(3,4)21)12(13(23)24)11(8-9)30-16(27)19(5,6)22/h7-8H,1-6H3,(H,23,24). The summed E-state index contributed by atoms with van der Waals surface area (Å²) in [6.45, 7) is 9.58. The zero-order chi connectivity index (χ0) is 23.7. The van der Waals surface area contributed by atoms with Crippen molar-refractivity contribution in [2.24, 2.45) is 0 Å². The van der Waals surface area contributed by atoms with Crippen molar-refractivity contribution < 1.29 is 38.5 Å². The van der Waals surface area contributed by atoms with Crippen molar-refractivity contribution >= 4 is 91.6 Å². The van der Waals surface area contributed by atoms with E-state index in [-0.39, 0.29) is 5.75 Å². The van der Waals surface area contributed by atoms with E-state index < -0.39 is 51.2 Å². The van der Waals surface area contributed by atoms with Gasteiger partial charge in [-0.3, -0.25) is 14.4 Å². The number of halogens is 3. The molecule has 0 aliphatic carbocycles. The van der Waals surface area contributed by atoms with Crippen molar-refractivity contribution in [2.75, 3.05) is 0 Å². The number of hydrogen-bond donors (Lipinski definition) is 1. The van der Waals surface area contributed by atoms with Crippen LogP contribution in [0.4, 0.5) is 0 Å². The average Bonchev–Trinajstić information content (AvgIpc) is 2.51. The minimum atomic E-state index is -1.48. The highest BCUT2D eigenvalue weighted by Crippen LogP contribution is 2.37. The SMILES string of the molecule is CC(C)(I)C(=O)Oc1cc(OC(=O)C(C)(C)I)c(C(=O)O)c(OC(=O)C(C)(C)I)c1. The summed E-state index contributed by atoms with van der Waals surface area (Å²) in [6.07, 6.45) is 0. The van der Waals surface area contributed by atoms with Crippen LogP contribution in [0.1, 0.15) is 51.9 Å². The van der Waals surface area contributed by atoms with E-state index in [0.29, 0.717) is 0 Å². The lowest BCUT2D eigenvalue weighted by Gasteiger charge is -2.21. The Bertz CT molecular complexity index is 824. The quantitative estimate of drug-likeness (QED) is 0.184. The predicted octanol–water partition coefficient (Wildman–Crippen LogP) is 4.74. The Labute approximate surface area is 215 Å². The first kappa shape index (κ1) is 27.3. The number of esters is 3. The van der Waals surface area contributed by atoms with E-state index in [2.05, 4.69) is 0 Å². The number of aromatic carboxylic acids is 1. The fourth-order valence-corrected chi connectivity index (χ4v) is 2.00. The third kappa shape index (κ3) is 7.76. The van der Waals surface area contributed by atoms with Gasteiger partial charge < -0.3 is 19.3 Å². The normalized spacial score (nSPS) is 12.2. The second-order valence-electron chi connectivity index (χ2n) is 7.69. The van der Waals surface area contributed by atoms with Gasteiger partial charge in [-0.05, 0) is 41.5 Å². The maximum Gasteiger partial charge on any atom is 0.343 e. The molecule has 30 heavy (non-hydrogen) atoms. The molecule has 1 N–H and O–H groups in total. The maximum atomic E-state index is 12.4. The van der Waals surface area contributed by atoms with Gasteiger partial charge in [0.25, 0.3) is 0 Å². The second kappa shape index (κ2) is 9.83. The Kier molecular flexibility index (Phi) is 8.96. The first-order valence-corrected chi connectivity index (χ1v) is 11.7. The van der Waals surface area contributed by atoms with Gasteiger partial charge in [-0.25, -0.2) is 4.79 Å². The average molecular weight is 758 g/mol. The number of rotatable bonds is 7. The fraction of sp³-hybridized carbons (Fsp3) is 0.474. The van der Waals surface area contributed by atoms with Crippen molar-refractivity contribution in [2.45, 2.75) is 51.8 Å². The molecular weight excluding hydrogens is 737 g/mol. The molecule has 0 amide bonds. The van der Waals surface area contributed by atoms with E-state index in [1.807, 2.05) is 67.8 Å². The third-order valence-corrected chi connectivity index (χ3v) is 4.65. The highest BCUT2D eigenvalue weighted by atomic mass is 127. The first-order valence-electron chi connectivity index (χ1n) is 8.49. The molecule has 0 atom stereocenters. The fourth-order valence-electron chi connectivity index (χ4n) is 1.67. The number of hydrogen-bond acceptors (Lipinski definition) is 7. The van der Waals surface area contributed by atoms with Crippen molar-refractivity contribution in [3.63, 3.8) is 0 Å². The Morgan fingerprint density at radius 2 is 1.00 bits per heavy atom. The van der Waals surface area contributed by atoms with Crippen LogP contribution in [-0.2, 0) is 14.4 Å². The predicted molar refractivity (Wildman–Crippen MR) is 135 cm³/mol. The molecule has 166 valence electrons. The molecule has 0 fully saturated rings. The maximum absolute atomic E-state index is 12.4. The van der Waals surface area contributed by atoms with Gasteiger partial charge in [0, 0.05) is 12.1 Å². The molecule has 11 heteroatoms. The zero-order valence-corrected chi connectivity index (χ0v) is 23.6. The summed E-state index contributed by atoms with van der Waals surface area (Å²) < 4.78 is 13.0. The topological polar surface area (TPSA) is 116 Å². The lowest BCUT2D eigenvalue weighted by atomic mass is 10.1. The Morgan fingerprint density at radius 1 is 0.700 bits per heavy atom. The van der Waals surface area contributed by atoms with Crippen LogP contribution in [0, 0.1) is 0 Å². The van der Waals surface area contributed by atoms with E-state index in [1.165, 1.54) is 0 Å². The van der Waals surface area contributed by atoms with Crippen LogP contribution in [-0.4, -0.2) is 39.2 Å². The van der Waals surface area contributed by atoms with E-state index >= 15 is 0 Å². The van der Waals surface area contributed by atoms with Crippen molar-refractivity contribution in [1.29, 1.82) is 0 Å². The van der Waals surface area contributed by atoms with Crippen molar-refractivity contribution in [1.82, 2.24) is 0 Å². The van der Waals surface area contributed by atoms with Gasteiger partial charge in [-0.1, -0.05) is 67.8 Å². The minimum absolute atomic E-state index is 0.127. The Hall–Kier alpha value is -0.710. The summed E-state index contributed by atoms with van der Waals surface area (Å²) in [5.41, 5.74) is -0.536. The number of carbonyl (C=O) groups excluding carboxylic acids is 3. The van der Waals surface area contributed by atoms with E-state index in [9.17, 15) is 24.3 Å². The first-order chi connectivity index (χ1) is 13.3. The Balaban J connectivity index is 3.62. The van der Waals surface area contributed by atoms with Gasteiger partial charge in [0.1, 0.15) is 21.6 Å². The molecule has 0 heterocycles. The molecule has 1 rings (SSSR count). The van der Waals surface area contributed by atoms with Crippen LogP contribution in [0.3, 0.4) is 0 Å². The molecular formula is C19H21I3O8. The smallest absolute Gasteiger partial charge is 0.343 e. The highest BCUT2D eigenvalue weighted by molar-refractivity contribution is 14.1. The number of carboxylic acids is 1. The molecule has 0 unspecified atom stereocenters. The van der Waals surface area contributed by atoms with Crippen LogP contribution in [0.5, 0.6) is 17.2 Å². The molecule has 8 nitrogen and oxygen atoms in total. The molecule has 0 bridgehead atoms. The summed E-state index contributed by atoms with van der Waals surface area (Å²) in [5.74, 6) is -4.48. The van der Waals surface area contributed by atoms with E-state index in [0.717, 1.165) is 12.1 Å². The van der Waals surface area contributed by atoms with Crippen molar-refractivity contribution in [3.8, 4) is 17.2 Å². The van der Waals surface area contributed by atoms with Gasteiger partial charge in [0.05, 0.1) is 0 Å². The summed E-state index contributed by atoms with van der Waals surface area (Å²) in [6, 6.07) is 2.22. The molecule has 0 spiro atoms. The van der Waals surface area contributed by atoms with Crippen LogP contribution in [0.15, 0.2) is 12.1 Å². The van der Waals surface area contributed by atoms with Gasteiger partial charge in [0.15, 0.2) is 11.5 Å². The van der Waals surface area contributed by atoms with E-state index in [4.69, 9.17) is 14.2 Å². The molecule has 1 aromatic rings. The summed E-state index contributed by atoms with van der Waals surface area (Å²) in [5, 5.41) is 9.68. The molecule has 0 radical (unpaired) electrons. The van der Waals surface area contributed by atoms with Gasteiger partial charge >= 0.3 is 23.9 Å². The van der Waals surface area contributed by atoms with Gasteiger partial charge in [-0.15, -0.1) is 0 Å². The molecule has 0 saturated carbocycles. The lowest BCUT2D eigenvalue weighted by molar-refractivity contribution is -0.136. The summed E-state index contributed by atoms with van der Waals surface area (Å²) >= 11 is 5.57. The van der Waals surface area contributed by atoms with Crippen LogP contribution in [0.25, 0.3) is 0 Å². The number of benzene rings is 1. The van der Waals surface area contributed by atoms with Crippen LogP contribution >= 0.6 is 67.8 Å². The van der Waals surface area contributed by atoms with Gasteiger partial charge in [-0.2, -0.15) is 0 Å². The third-order valence-electron chi connectivity index (χ3n) is 3.33. The molecule has 0 saturated heterocycles. The second-order valence-corrected chi connectivity index (χ2v) is 15.8. The Morgan fingerprint density at radius 3 is 1.27 bits per heavy atom. The van der Waals surface area contributed by atoms with E-state index in [1.54, 1.807) is 41.5 Å². The molecule has 1 aromatic carbocycles. The monoisotopic (exact) mass is 758 g/mol. The number of carboxylic acid groups (broad SMARTS) is 1. The zero-order valence-electron chi connectivity index (χ0n) is 17.1. The minimum Gasteiger partial charge on any atom is -0.477 e. The molecule has 0 aliphatic heterocycles. The number of carbonyl (C=O) groups is 4. The summed E-state index contributed by atoms with van der Waals surface area (Å²) in [4.78, 5) is 48.9. The number of alkyl halides is 3. The van der Waals surface area contributed by atoms with Crippen LogP contribution in [0.2, 0.25) is 0 Å². The van der Waals surface area contributed by atoms with Crippen LogP contribution < -0.4 is 14.2 Å². The molecule has 0 aromatic heterocycles. The van der Waals surface area contributed by atoms with Gasteiger partial charge in [0.2, 0.25) is 0 Å². The highest BCUT2D eigenvalue weighted by Gasteiger charge is 2.33. The summed E-state index contributed by atoms with van der Waals surface area (Å²) in [7, 11) is 0.